The van der Waals surface area contributed by atoms with E-state index in [0.717, 1.165) is 19.5 Å². The number of hydrogen-bond acceptors (Lipinski definition) is 5. The van der Waals surface area contributed by atoms with Gasteiger partial charge in [-0.3, -0.25) is 4.90 Å². The SMILES string of the molecule is CN(C)CC1CCCN1Cc1csc(CCN)n1. The minimum absolute atomic E-state index is 0.694. The van der Waals surface area contributed by atoms with Gasteiger partial charge in [0.05, 0.1) is 10.7 Å². The van der Waals surface area contributed by atoms with E-state index < -0.39 is 0 Å². The fraction of sp³-hybridized carbons (Fsp3) is 0.769. The summed E-state index contributed by atoms with van der Waals surface area (Å²) in [6.45, 7) is 4.06. The topological polar surface area (TPSA) is 45.4 Å². The van der Waals surface area contributed by atoms with Crippen LogP contribution < -0.4 is 5.73 Å². The zero-order chi connectivity index (χ0) is 13.0. The molecule has 4 nitrogen and oxygen atoms in total. The van der Waals surface area contributed by atoms with Gasteiger partial charge in [-0.15, -0.1) is 11.3 Å². The van der Waals surface area contributed by atoms with Gasteiger partial charge < -0.3 is 10.6 Å². The Morgan fingerprint density at radius 1 is 1.56 bits per heavy atom. The number of nitrogens with two attached hydrogens (primary N) is 1. The van der Waals surface area contributed by atoms with Crippen LogP contribution in [0.3, 0.4) is 0 Å². The minimum atomic E-state index is 0.694. The van der Waals surface area contributed by atoms with Crippen LogP contribution in [0.4, 0.5) is 0 Å². The zero-order valence-corrected chi connectivity index (χ0v) is 12.2. The highest BCUT2D eigenvalue weighted by Gasteiger charge is 2.25. The Labute approximate surface area is 114 Å². The van der Waals surface area contributed by atoms with Crippen molar-refractivity contribution in [3.8, 4) is 0 Å². The maximum atomic E-state index is 5.56. The fourth-order valence-electron chi connectivity index (χ4n) is 2.60. The molecular weight excluding hydrogens is 244 g/mol. The molecule has 2 heterocycles. The molecule has 1 fully saturated rings. The number of likely N-dealkylation sites (tertiary alicyclic amines) is 1. The summed E-state index contributed by atoms with van der Waals surface area (Å²) >= 11 is 1.74. The van der Waals surface area contributed by atoms with Crippen molar-refractivity contribution in [2.24, 2.45) is 5.73 Å². The Morgan fingerprint density at radius 2 is 2.39 bits per heavy atom. The average molecular weight is 268 g/mol. The number of aromatic nitrogens is 1. The van der Waals surface area contributed by atoms with Gasteiger partial charge in [-0.25, -0.2) is 4.98 Å². The van der Waals surface area contributed by atoms with Gasteiger partial charge in [0.1, 0.15) is 0 Å². The van der Waals surface area contributed by atoms with E-state index in [2.05, 4.69) is 34.3 Å². The lowest BCUT2D eigenvalue weighted by Gasteiger charge is -2.26. The first kappa shape index (κ1) is 13.9. The lowest BCUT2D eigenvalue weighted by atomic mass is 10.2. The minimum Gasteiger partial charge on any atom is -0.330 e. The third kappa shape index (κ3) is 3.75. The smallest absolute Gasteiger partial charge is 0.0941 e. The van der Waals surface area contributed by atoms with Crippen LogP contribution in [-0.2, 0) is 13.0 Å². The Hall–Kier alpha value is -0.490. The maximum Gasteiger partial charge on any atom is 0.0941 e. The first-order valence-corrected chi connectivity index (χ1v) is 7.59. The Bertz CT molecular complexity index is 364. The van der Waals surface area contributed by atoms with Crippen molar-refractivity contribution < 1.29 is 0 Å². The molecule has 102 valence electrons. The van der Waals surface area contributed by atoms with Gasteiger partial charge in [-0.05, 0) is 40.0 Å². The van der Waals surface area contributed by atoms with Crippen LogP contribution in [-0.4, -0.2) is 54.6 Å². The van der Waals surface area contributed by atoms with Gasteiger partial charge in [0.25, 0.3) is 0 Å². The van der Waals surface area contributed by atoms with Gasteiger partial charge in [0.15, 0.2) is 0 Å². The molecule has 1 saturated heterocycles. The highest BCUT2D eigenvalue weighted by atomic mass is 32.1. The van der Waals surface area contributed by atoms with E-state index in [0.29, 0.717) is 12.6 Å². The van der Waals surface area contributed by atoms with Crippen LogP contribution in [0.2, 0.25) is 0 Å². The molecular formula is C13H24N4S. The summed E-state index contributed by atoms with van der Waals surface area (Å²) in [5.74, 6) is 0. The van der Waals surface area contributed by atoms with Gasteiger partial charge in [0.2, 0.25) is 0 Å². The van der Waals surface area contributed by atoms with Crippen molar-refractivity contribution in [1.82, 2.24) is 14.8 Å². The summed E-state index contributed by atoms with van der Waals surface area (Å²) < 4.78 is 0. The molecule has 1 aliphatic rings. The molecule has 5 heteroatoms. The Morgan fingerprint density at radius 3 is 3.11 bits per heavy atom. The van der Waals surface area contributed by atoms with Crippen molar-refractivity contribution in [2.45, 2.75) is 31.8 Å². The van der Waals surface area contributed by atoms with Crippen LogP contribution in [0.5, 0.6) is 0 Å². The molecule has 0 radical (unpaired) electrons. The van der Waals surface area contributed by atoms with E-state index in [-0.39, 0.29) is 0 Å². The number of thiazole rings is 1. The molecule has 1 aromatic rings. The van der Waals surface area contributed by atoms with E-state index in [1.807, 2.05) is 0 Å². The largest absolute Gasteiger partial charge is 0.330 e. The second-order valence-corrected chi connectivity index (χ2v) is 6.24. The third-order valence-electron chi connectivity index (χ3n) is 3.40. The molecule has 0 bridgehead atoms. The number of nitrogens with zero attached hydrogens (tertiary/aromatic N) is 3. The molecule has 2 N–H and O–H groups in total. The summed E-state index contributed by atoms with van der Waals surface area (Å²) in [4.78, 5) is 9.51. The van der Waals surface area contributed by atoms with Crippen LogP contribution in [0, 0.1) is 0 Å². The van der Waals surface area contributed by atoms with E-state index in [1.165, 1.54) is 30.1 Å². The van der Waals surface area contributed by atoms with Crippen molar-refractivity contribution in [3.63, 3.8) is 0 Å². The zero-order valence-electron chi connectivity index (χ0n) is 11.4. The quantitative estimate of drug-likeness (QED) is 0.841. The van der Waals surface area contributed by atoms with E-state index >= 15 is 0 Å². The number of hydrogen-bond donors (Lipinski definition) is 1. The van der Waals surface area contributed by atoms with Crippen LogP contribution in [0.25, 0.3) is 0 Å². The second-order valence-electron chi connectivity index (χ2n) is 5.30. The Balaban J connectivity index is 1.90. The molecule has 2 rings (SSSR count). The summed E-state index contributed by atoms with van der Waals surface area (Å²) in [7, 11) is 4.30. The number of likely N-dealkylation sites (N-methyl/N-ethyl adjacent to an activating group) is 1. The van der Waals surface area contributed by atoms with Crippen molar-refractivity contribution in [3.05, 3.63) is 16.1 Å². The van der Waals surface area contributed by atoms with Gasteiger partial charge in [-0.2, -0.15) is 0 Å². The van der Waals surface area contributed by atoms with E-state index in [4.69, 9.17) is 5.73 Å². The molecule has 0 aromatic carbocycles. The van der Waals surface area contributed by atoms with Crippen LogP contribution >= 0.6 is 11.3 Å². The maximum absolute atomic E-state index is 5.56. The van der Waals surface area contributed by atoms with Crippen molar-refractivity contribution in [2.75, 3.05) is 33.7 Å². The summed E-state index contributed by atoms with van der Waals surface area (Å²) in [6, 6.07) is 0.694. The monoisotopic (exact) mass is 268 g/mol. The number of rotatable bonds is 6. The second kappa shape index (κ2) is 6.61. The van der Waals surface area contributed by atoms with Crippen molar-refractivity contribution in [1.29, 1.82) is 0 Å². The molecule has 0 amide bonds. The molecule has 1 aliphatic heterocycles. The molecule has 0 spiro atoms. The first-order chi connectivity index (χ1) is 8.69. The molecule has 18 heavy (non-hydrogen) atoms. The van der Waals surface area contributed by atoms with Crippen LogP contribution in [0.1, 0.15) is 23.5 Å². The molecule has 1 aromatic heterocycles. The van der Waals surface area contributed by atoms with E-state index in [9.17, 15) is 0 Å². The average Bonchev–Trinajstić information content (AvgIpc) is 2.90. The standard InChI is InChI=1S/C13H24N4S/c1-16(2)9-12-4-3-7-17(12)8-11-10-18-13(15-11)5-6-14/h10,12H,3-9,14H2,1-2H3. The molecule has 0 aliphatic carbocycles. The van der Waals surface area contributed by atoms with Gasteiger partial charge >= 0.3 is 0 Å². The molecule has 1 atom stereocenters. The predicted molar refractivity (Wildman–Crippen MR) is 76.9 cm³/mol. The highest BCUT2D eigenvalue weighted by Crippen LogP contribution is 2.21. The lowest BCUT2D eigenvalue weighted by Crippen LogP contribution is -2.37. The van der Waals surface area contributed by atoms with Gasteiger partial charge in [0, 0.05) is 30.9 Å². The summed E-state index contributed by atoms with van der Waals surface area (Å²) in [6.07, 6.45) is 3.54. The first-order valence-electron chi connectivity index (χ1n) is 6.71. The predicted octanol–water partition coefficient (Wildman–Crippen LogP) is 1.17. The highest BCUT2D eigenvalue weighted by molar-refractivity contribution is 7.09. The van der Waals surface area contributed by atoms with E-state index in [1.54, 1.807) is 11.3 Å². The Kier molecular flexibility index (Phi) is 5.12. The third-order valence-corrected chi connectivity index (χ3v) is 4.35. The normalized spacial score (nSPS) is 21.0. The van der Waals surface area contributed by atoms with Crippen LogP contribution in [0.15, 0.2) is 5.38 Å². The lowest BCUT2D eigenvalue weighted by molar-refractivity contribution is 0.199. The molecule has 1 unspecified atom stereocenters. The fourth-order valence-corrected chi connectivity index (χ4v) is 3.40. The summed E-state index contributed by atoms with van der Waals surface area (Å²) in [5.41, 5.74) is 6.78. The van der Waals surface area contributed by atoms with Crippen molar-refractivity contribution >= 4 is 11.3 Å². The molecule has 0 saturated carbocycles. The summed E-state index contributed by atoms with van der Waals surface area (Å²) in [5, 5.41) is 3.37. The van der Waals surface area contributed by atoms with Gasteiger partial charge in [-0.1, -0.05) is 0 Å².